The van der Waals surface area contributed by atoms with Gasteiger partial charge in [0, 0.05) is 18.7 Å². The van der Waals surface area contributed by atoms with Gasteiger partial charge in [-0.3, -0.25) is 4.79 Å². The largest absolute Gasteiger partial charge is 0.341 e. The molecule has 1 aromatic carbocycles. The Morgan fingerprint density at radius 3 is 2.64 bits per heavy atom. The summed E-state index contributed by atoms with van der Waals surface area (Å²) in [7, 11) is 0. The second kappa shape index (κ2) is 8.20. The van der Waals surface area contributed by atoms with Gasteiger partial charge >= 0.3 is 0 Å². The molecule has 0 saturated carbocycles. The number of tetrazole rings is 1. The van der Waals surface area contributed by atoms with E-state index in [1.807, 2.05) is 36.1 Å². The van der Waals surface area contributed by atoms with Gasteiger partial charge in [-0.05, 0) is 44.0 Å². The summed E-state index contributed by atoms with van der Waals surface area (Å²) in [5, 5.41) is 15.8. The second-order valence-electron chi connectivity index (χ2n) is 6.64. The number of likely N-dealkylation sites (tertiary alicyclic amines) is 1. The van der Waals surface area contributed by atoms with Gasteiger partial charge in [-0.2, -0.15) is 4.80 Å². The summed E-state index contributed by atoms with van der Waals surface area (Å²) >= 11 is 0. The van der Waals surface area contributed by atoms with Gasteiger partial charge in [0.25, 0.3) is 0 Å². The molecule has 1 saturated heterocycles. The van der Waals surface area contributed by atoms with Crippen LogP contribution in [0.25, 0.3) is 11.4 Å². The lowest BCUT2D eigenvalue weighted by atomic mass is 9.97. The number of carbonyl (C=O) groups is 1. The van der Waals surface area contributed by atoms with E-state index in [-0.39, 0.29) is 12.5 Å². The molecule has 7 nitrogen and oxygen atoms in total. The van der Waals surface area contributed by atoms with Gasteiger partial charge in [0.2, 0.25) is 11.7 Å². The van der Waals surface area contributed by atoms with Crippen molar-refractivity contribution < 1.29 is 4.79 Å². The fourth-order valence-electron chi connectivity index (χ4n) is 3.08. The van der Waals surface area contributed by atoms with E-state index in [2.05, 4.69) is 27.7 Å². The Hall–Kier alpha value is -2.28. The summed E-state index contributed by atoms with van der Waals surface area (Å²) in [6.07, 6.45) is 2.11. The molecular weight excluding hydrogens is 316 g/mol. The minimum Gasteiger partial charge on any atom is -0.341 e. The normalized spacial score (nSPS) is 15.5. The molecule has 0 bridgehead atoms. The molecule has 7 heteroatoms. The lowest BCUT2D eigenvalue weighted by Gasteiger charge is -2.31. The third-order valence-corrected chi connectivity index (χ3v) is 4.69. The standard InChI is InChI=1S/C18H26N6O/c1-3-19-12-15-8-10-23(11-9-15)17(25)13-24-21-18(20-22-24)16-6-4-14(2)5-7-16/h4-7,15,19H,3,8-13H2,1-2H3. The van der Waals surface area contributed by atoms with Crippen LogP contribution in [0.1, 0.15) is 25.3 Å². The fourth-order valence-corrected chi connectivity index (χ4v) is 3.08. The number of hydrogen-bond acceptors (Lipinski definition) is 5. The minimum absolute atomic E-state index is 0.0646. The summed E-state index contributed by atoms with van der Waals surface area (Å²) < 4.78 is 0. The first-order chi connectivity index (χ1) is 12.2. The van der Waals surface area contributed by atoms with E-state index in [1.54, 1.807) is 0 Å². The van der Waals surface area contributed by atoms with Crippen LogP contribution in [-0.2, 0) is 11.3 Å². The van der Waals surface area contributed by atoms with Crippen molar-refractivity contribution >= 4 is 5.91 Å². The van der Waals surface area contributed by atoms with Gasteiger partial charge in [0.15, 0.2) is 0 Å². The number of nitrogens with one attached hydrogen (secondary N) is 1. The van der Waals surface area contributed by atoms with Crippen molar-refractivity contribution in [3.05, 3.63) is 29.8 Å². The highest BCUT2D eigenvalue weighted by atomic mass is 16.2. The first-order valence-corrected chi connectivity index (χ1v) is 8.99. The average Bonchev–Trinajstić information content (AvgIpc) is 3.09. The summed E-state index contributed by atoms with van der Waals surface area (Å²) in [6, 6.07) is 7.96. The molecule has 25 heavy (non-hydrogen) atoms. The maximum absolute atomic E-state index is 12.5. The molecule has 1 aliphatic heterocycles. The maximum atomic E-state index is 12.5. The smallest absolute Gasteiger partial charge is 0.246 e. The van der Waals surface area contributed by atoms with E-state index >= 15 is 0 Å². The number of piperidine rings is 1. The van der Waals surface area contributed by atoms with Crippen molar-refractivity contribution in [2.45, 2.75) is 33.2 Å². The number of aryl methyl sites for hydroxylation is 1. The average molecular weight is 342 g/mol. The molecule has 0 spiro atoms. The van der Waals surface area contributed by atoms with Crippen LogP contribution in [0.2, 0.25) is 0 Å². The molecule has 1 amide bonds. The topological polar surface area (TPSA) is 75.9 Å². The zero-order valence-electron chi connectivity index (χ0n) is 15.0. The van der Waals surface area contributed by atoms with E-state index in [0.717, 1.165) is 44.6 Å². The number of carbonyl (C=O) groups excluding carboxylic acids is 1. The van der Waals surface area contributed by atoms with Crippen LogP contribution in [0.3, 0.4) is 0 Å². The van der Waals surface area contributed by atoms with Gasteiger partial charge in [-0.25, -0.2) is 0 Å². The zero-order valence-corrected chi connectivity index (χ0v) is 15.0. The Bertz CT molecular complexity index is 688. The summed E-state index contributed by atoms with van der Waals surface area (Å²) in [5.41, 5.74) is 2.09. The molecule has 0 radical (unpaired) electrons. The quantitative estimate of drug-likeness (QED) is 0.861. The molecule has 1 aromatic heterocycles. The van der Waals surface area contributed by atoms with Crippen molar-refractivity contribution in [2.75, 3.05) is 26.2 Å². The third kappa shape index (κ3) is 4.63. The Morgan fingerprint density at radius 2 is 1.96 bits per heavy atom. The third-order valence-electron chi connectivity index (χ3n) is 4.69. The SMILES string of the molecule is CCNCC1CCN(C(=O)Cn2nnc(-c3ccc(C)cc3)n2)CC1. The Balaban J connectivity index is 1.53. The Kier molecular flexibility index (Phi) is 5.75. The van der Waals surface area contributed by atoms with E-state index in [4.69, 9.17) is 0 Å². The number of amides is 1. The van der Waals surface area contributed by atoms with Crippen molar-refractivity contribution in [1.82, 2.24) is 30.4 Å². The van der Waals surface area contributed by atoms with E-state index in [1.165, 1.54) is 10.4 Å². The lowest BCUT2D eigenvalue weighted by Crippen LogP contribution is -2.42. The maximum Gasteiger partial charge on any atom is 0.246 e. The van der Waals surface area contributed by atoms with Crippen LogP contribution in [-0.4, -0.2) is 57.2 Å². The van der Waals surface area contributed by atoms with Gasteiger partial charge in [-0.15, -0.1) is 10.2 Å². The molecule has 1 aliphatic rings. The van der Waals surface area contributed by atoms with Gasteiger partial charge in [0.05, 0.1) is 0 Å². The summed E-state index contributed by atoms with van der Waals surface area (Å²) in [6.45, 7) is 7.98. The van der Waals surface area contributed by atoms with Gasteiger partial charge in [0.1, 0.15) is 6.54 Å². The lowest BCUT2D eigenvalue weighted by molar-refractivity contribution is -0.133. The second-order valence-corrected chi connectivity index (χ2v) is 6.64. The molecule has 1 fully saturated rings. The molecular formula is C18H26N6O. The zero-order chi connectivity index (χ0) is 17.6. The summed E-state index contributed by atoms with van der Waals surface area (Å²) in [5.74, 6) is 1.29. The number of aromatic nitrogens is 4. The van der Waals surface area contributed by atoms with Crippen LogP contribution < -0.4 is 5.32 Å². The van der Waals surface area contributed by atoms with Crippen LogP contribution >= 0.6 is 0 Å². The van der Waals surface area contributed by atoms with Crippen LogP contribution in [0.5, 0.6) is 0 Å². The predicted molar refractivity (Wildman–Crippen MR) is 95.8 cm³/mol. The van der Waals surface area contributed by atoms with Crippen LogP contribution in [0.4, 0.5) is 0 Å². The first-order valence-electron chi connectivity index (χ1n) is 8.99. The molecule has 2 heterocycles. The fraction of sp³-hybridized carbons (Fsp3) is 0.556. The first kappa shape index (κ1) is 17.5. The number of rotatable bonds is 6. The molecule has 0 unspecified atom stereocenters. The Labute approximate surface area is 148 Å². The number of nitrogens with zero attached hydrogens (tertiary/aromatic N) is 5. The summed E-state index contributed by atoms with van der Waals surface area (Å²) in [4.78, 5) is 15.8. The van der Waals surface area contributed by atoms with Crippen LogP contribution in [0.15, 0.2) is 24.3 Å². The van der Waals surface area contributed by atoms with Gasteiger partial charge < -0.3 is 10.2 Å². The van der Waals surface area contributed by atoms with Crippen LogP contribution in [0, 0.1) is 12.8 Å². The van der Waals surface area contributed by atoms with Crippen molar-refractivity contribution in [3.8, 4) is 11.4 Å². The van der Waals surface area contributed by atoms with Gasteiger partial charge in [-0.1, -0.05) is 36.8 Å². The minimum atomic E-state index is 0.0646. The highest BCUT2D eigenvalue weighted by Crippen LogP contribution is 2.17. The molecule has 1 N–H and O–H groups in total. The predicted octanol–water partition coefficient (Wildman–Crippen LogP) is 1.50. The van der Waals surface area contributed by atoms with Crippen molar-refractivity contribution in [3.63, 3.8) is 0 Å². The number of hydrogen-bond donors (Lipinski definition) is 1. The van der Waals surface area contributed by atoms with E-state index < -0.39 is 0 Å². The van der Waals surface area contributed by atoms with Crippen molar-refractivity contribution in [1.29, 1.82) is 0 Å². The molecule has 2 aromatic rings. The molecule has 134 valence electrons. The highest BCUT2D eigenvalue weighted by molar-refractivity contribution is 5.75. The van der Waals surface area contributed by atoms with Crippen molar-refractivity contribution in [2.24, 2.45) is 5.92 Å². The monoisotopic (exact) mass is 342 g/mol. The van der Waals surface area contributed by atoms with E-state index in [0.29, 0.717) is 11.7 Å². The van der Waals surface area contributed by atoms with E-state index in [9.17, 15) is 4.79 Å². The number of benzene rings is 1. The Morgan fingerprint density at radius 1 is 1.24 bits per heavy atom. The molecule has 3 rings (SSSR count). The molecule has 0 aliphatic carbocycles. The highest BCUT2D eigenvalue weighted by Gasteiger charge is 2.23. The molecule has 0 atom stereocenters.